The van der Waals surface area contributed by atoms with Crippen LogP contribution in [0.25, 0.3) is 22.4 Å². The van der Waals surface area contributed by atoms with Gasteiger partial charge in [0.05, 0.1) is 5.56 Å². The zero-order valence-corrected chi connectivity index (χ0v) is 18.3. The van der Waals surface area contributed by atoms with E-state index >= 15 is 0 Å². The van der Waals surface area contributed by atoms with E-state index in [-0.39, 0.29) is 0 Å². The number of aryl methyl sites for hydroxylation is 4. The molecule has 0 saturated heterocycles. The average Bonchev–Trinajstić information content (AvgIpc) is 3.09. The summed E-state index contributed by atoms with van der Waals surface area (Å²) in [6.45, 7) is 6.69. The van der Waals surface area contributed by atoms with E-state index < -0.39 is 0 Å². The van der Waals surface area contributed by atoms with Gasteiger partial charge in [-0.3, -0.25) is 0 Å². The van der Waals surface area contributed by atoms with Crippen molar-refractivity contribution in [2.75, 3.05) is 0 Å². The predicted molar refractivity (Wildman–Crippen MR) is 121 cm³/mol. The maximum absolute atomic E-state index is 2.52. The monoisotopic (exact) mass is 382 g/mol. The van der Waals surface area contributed by atoms with E-state index in [0.717, 1.165) is 12.3 Å². The molecule has 0 amide bonds. The smallest absolute Gasteiger partial charge is 0.201 e. The predicted octanol–water partition coefficient (Wildman–Crippen LogP) is 6.72. The van der Waals surface area contributed by atoms with Gasteiger partial charge in [-0.25, -0.2) is 4.57 Å². The minimum atomic E-state index is 0.764. The Morgan fingerprint density at radius 1 is 0.793 bits per heavy atom. The summed E-state index contributed by atoms with van der Waals surface area (Å²) >= 11 is 0. The summed E-state index contributed by atoms with van der Waals surface area (Å²) in [5.41, 5.74) is 14.4. The molecule has 1 aromatic heterocycles. The number of benzene rings is 2. The van der Waals surface area contributed by atoms with Crippen molar-refractivity contribution in [2.24, 2.45) is 7.05 Å². The summed E-state index contributed by atoms with van der Waals surface area (Å²) < 4.78 is 2.31. The van der Waals surface area contributed by atoms with Crippen LogP contribution >= 0.6 is 0 Å². The lowest BCUT2D eigenvalue weighted by molar-refractivity contribution is -0.660. The Morgan fingerprint density at radius 3 is 2.38 bits per heavy atom. The highest BCUT2D eigenvalue weighted by Crippen LogP contribution is 2.44. The SMILES string of the molecule is Cc1cc(-c2c(C)ccc3c2Cc2ccc(C4CCCCC4)cc2-3)[n+](C)cc1C. The van der Waals surface area contributed by atoms with Crippen molar-refractivity contribution in [1.29, 1.82) is 0 Å². The molecule has 1 heterocycles. The third-order valence-electron chi connectivity index (χ3n) is 7.39. The summed E-state index contributed by atoms with van der Waals surface area (Å²) in [6, 6.07) is 14.4. The van der Waals surface area contributed by atoms with Crippen LogP contribution in [0.3, 0.4) is 0 Å². The van der Waals surface area contributed by atoms with Crippen LogP contribution in [0.5, 0.6) is 0 Å². The highest BCUT2D eigenvalue weighted by Gasteiger charge is 2.27. The largest absolute Gasteiger partial charge is 0.213 e. The summed E-state index contributed by atoms with van der Waals surface area (Å²) in [5, 5.41) is 0. The fourth-order valence-corrected chi connectivity index (χ4v) is 5.57. The number of nitrogens with zero attached hydrogens (tertiary/aromatic N) is 1. The zero-order chi connectivity index (χ0) is 20.1. The molecular weight excluding hydrogens is 350 g/mol. The lowest BCUT2D eigenvalue weighted by Crippen LogP contribution is -2.32. The number of hydrogen-bond donors (Lipinski definition) is 0. The van der Waals surface area contributed by atoms with Crippen LogP contribution in [0.4, 0.5) is 0 Å². The average molecular weight is 383 g/mol. The van der Waals surface area contributed by atoms with Crippen molar-refractivity contribution in [3.05, 3.63) is 76.0 Å². The number of rotatable bonds is 2. The number of pyridine rings is 1. The highest BCUT2D eigenvalue weighted by molar-refractivity contribution is 5.85. The minimum absolute atomic E-state index is 0.764. The first-order valence-electron chi connectivity index (χ1n) is 11.3. The second-order valence-corrected chi connectivity index (χ2v) is 9.35. The Kier molecular flexibility index (Phi) is 4.57. The molecule has 0 radical (unpaired) electrons. The van der Waals surface area contributed by atoms with Crippen molar-refractivity contribution in [1.82, 2.24) is 0 Å². The van der Waals surface area contributed by atoms with Crippen LogP contribution in [0, 0.1) is 20.8 Å². The van der Waals surface area contributed by atoms with Gasteiger partial charge in [-0.2, -0.15) is 0 Å². The first-order valence-corrected chi connectivity index (χ1v) is 11.3. The molecule has 2 aromatic carbocycles. The van der Waals surface area contributed by atoms with E-state index in [9.17, 15) is 0 Å². The second-order valence-electron chi connectivity index (χ2n) is 9.35. The maximum Gasteiger partial charge on any atom is 0.213 e. The van der Waals surface area contributed by atoms with Crippen molar-refractivity contribution in [3.63, 3.8) is 0 Å². The molecule has 0 N–H and O–H groups in total. The molecule has 148 valence electrons. The lowest BCUT2D eigenvalue weighted by atomic mass is 9.83. The van der Waals surface area contributed by atoms with E-state index in [2.05, 4.69) is 75.0 Å². The molecule has 29 heavy (non-hydrogen) atoms. The van der Waals surface area contributed by atoms with Gasteiger partial charge in [0.25, 0.3) is 0 Å². The van der Waals surface area contributed by atoms with Crippen LogP contribution in [0.2, 0.25) is 0 Å². The summed E-state index contributed by atoms with van der Waals surface area (Å²) in [4.78, 5) is 0. The van der Waals surface area contributed by atoms with E-state index in [1.54, 1.807) is 5.56 Å². The molecule has 1 heteroatoms. The van der Waals surface area contributed by atoms with Gasteiger partial charge < -0.3 is 0 Å². The Hall–Kier alpha value is -2.41. The Balaban J connectivity index is 1.64. The first kappa shape index (κ1) is 18.6. The van der Waals surface area contributed by atoms with Crippen molar-refractivity contribution >= 4 is 0 Å². The molecular formula is C28H32N+. The molecule has 0 atom stereocenters. The number of fused-ring (bicyclic) bond motifs is 3. The van der Waals surface area contributed by atoms with Crippen LogP contribution in [-0.2, 0) is 13.5 Å². The van der Waals surface area contributed by atoms with Gasteiger partial charge in [-0.1, -0.05) is 49.6 Å². The third kappa shape index (κ3) is 3.12. The molecule has 0 spiro atoms. The summed E-state index contributed by atoms with van der Waals surface area (Å²) in [7, 11) is 2.18. The van der Waals surface area contributed by atoms with Gasteiger partial charge >= 0.3 is 0 Å². The standard InChI is InChI=1S/C28H32N/c1-18-10-13-24-25-15-22(21-8-6-5-7-9-21)11-12-23(25)16-26(24)28(18)27-14-19(2)20(3)17-29(27)4/h10-15,17,21H,5-9,16H2,1-4H3/q+1. The van der Waals surface area contributed by atoms with Gasteiger partial charge in [0.1, 0.15) is 7.05 Å². The number of aromatic nitrogens is 1. The van der Waals surface area contributed by atoms with Crippen LogP contribution < -0.4 is 4.57 Å². The van der Waals surface area contributed by atoms with E-state index in [0.29, 0.717) is 0 Å². The molecule has 3 aromatic rings. The van der Waals surface area contributed by atoms with Crippen molar-refractivity contribution in [3.8, 4) is 22.4 Å². The molecule has 1 saturated carbocycles. The van der Waals surface area contributed by atoms with Gasteiger partial charge in [-0.05, 0) is 84.9 Å². The van der Waals surface area contributed by atoms with Crippen LogP contribution in [0.15, 0.2) is 42.6 Å². The summed E-state index contributed by atoms with van der Waals surface area (Å²) in [6.07, 6.45) is 10.3. The molecule has 1 nitrogen and oxygen atoms in total. The fourth-order valence-electron chi connectivity index (χ4n) is 5.57. The Bertz CT molecular complexity index is 1100. The first-order chi connectivity index (χ1) is 14.0. The van der Waals surface area contributed by atoms with Crippen LogP contribution in [0.1, 0.15) is 71.4 Å². The normalized spacial score (nSPS) is 16.0. The molecule has 2 aliphatic rings. The molecule has 0 bridgehead atoms. The van der Waals surface area contributed by atoms with Crippen LogP contribution in [-0.4, -0.2) is 0 Å². The quantitative estimate of drug-likeness (QED) is 0.339. The minimum Gasteiger partial charge on any atom is -0.201 e. The number of hydrogen-bond acceptors (Lipinski definition) is 0. The highest BCUT2D eigenvalue weighted by atomic mass is 14.9. The second kappa shape index (κ2) is 7.13. The zero-order valence-electron chi connectivity index (χ0n) is 18.3. The van der Waals surface area contributed by atoms with E-state index in [4.69, 9.17) is 0 Å². The topological polar surface area (TPSA) is 3.88 Å². The fraction of sp³-hybridized carbons (Fsp3) is 0.393. The summed E-state index contributed by atoms with van der Waals surface area (Å²) in [5.74, 6) is 0.764. The molecule has 1 fully saturated rings. The van der Waals surface area contributed by atoms with Gasteiger partial charge in [0.2, 0.25) is 5.69 Å². The molecule has 2 aliphatic carbocycles. The van der Waals surface area contributed by atoms with Gasteiger partial charge in [0.15, 0.2) is 6.20 Å². The molecule has 0 aliphatic heterocycles. The van der Waals surface area contributed by atoms with Gasteiger partial charge in [0, 0.05) is 11.6 Å². The Labute approximate surface area is 175 Å². The Morgan fingerprint density at radius 2 is 1.59 bits per heavy atom. The lowest BCUT2D eigenvalue weighted by Gasteiger charge is -2.22. The third-order valence-corrected chi connectivity index (χ3v) is 7.39. The maximum atomic E-state index is 2.52. The van der Waals surface area contributed by atoms with Gasteiger partial charge in [-0.15, -0.1) is 0 Å². The molecule has 0 unspecified atom stereocenters. The van der Waals surface area contributed by atoms with E-state index in [1.807, 2.05) is 0 Å². The van der Waals surface area contributed by atoms with Crippen molar-refractivity contribution < 1.29 is 4.57 Å². The van der Waals surface area contributed by atoms with Crippen molar-refractivity contribution in [2.45, 2.75) is 65.2 Å². The molecule has 5 rings (SSSR count). The van der Waals surface area contributed by atoms with E-state index in [1.165, 1.54) is 82.3 Å².